The number of fused-ring (bicyclic) bond motifs is 1. The van der Waals surface area contributed by atoms with Crippen molar-refractivity contribution in [1.29, 1.82) is 0 Å². The molecule has 0 spiro atoms. The summed E-state index contributed by atoms with van der Waals surface area (Å²) >= 11 is 0. The van der Waals surface area contributed by atoms with Crippen molar-refractivity contribution in [1.82, 2.24) is 9.21 Å². The van der Waals surface area contributed by atoms with E-state index in [1.165, 1.54) is 10.4 Å². The Morgan fingerprint density at radius 3 is 2.19 bits per heavy atom. The molecule has 2 aromatic rings. The second-order valence-electron chi connectivity index (χ2n) is 7.48. The fraction of sp³-hybridized carbons (Fsp3) is 0.375. The summed E-state index contributed by atoms with van der Waals surface area (Å²) < 4.78 is 37.3. The monoisotopic (exact) mass is 458 g/mol. The van der Waals surface area contributed by atoms with E-state index in [0.717, 1.165) is 23.1 Å². The summed E-state index contributed by atoms with van der Waals surface area (Å²) in [6.45, 7) is 5.59. The Hall–Kier alpha value is -2.84. The van der Waals surface area contributed by atoms with Gasteiger partial charge in [-0.2, -0.15) is 4.31 Å². The Labute approximate surface area is 190 Å². The van der Waals surface area contributed by atoms with Crippen LogP contribution in [-0.4, -0.2) is 57.4 Å². The second-order valence-corrected chi connectivity index (χ2v) is 9.42. The first-order valence-electron chi connectivity index (χ1n) is 10.6. The molecule has 0 atom stereocenters. The molecule has 8 heteroatoms. The van der Waals surface area contributed by atoms with Crippen molar-refractivity contribution in [2.75, 3.05) is 33.9 Å². The fourth-order valence-corrected chi connectivity index (χ4v) is 5.27. The quantitative estimate of drug-likeness (QED) is 0.567. The van der Waals surface area contributed by atoms with Crippen molar-refractivity contribution in [3.8, 4) is 11.5 Å². The summed E-state index contributed by atoms with van der Waals surface area (Å²) in [6, 6.07) is 10.5. The number of sulfonamides is 1. The van der Waals surface area contributed by atoms with Gasteiger partial charge in [0.05, 0.1) is 19.1 Å². The van der Waals surface area contributed by atoms with Gasteiger partial charge in [0.25, 0.3) is 0 Å². The van der Waals surface area contributed by atoms with E-state index >= 15 is 0 Å². The lowest BCUT2D eigenvalue weighted by atomic mass is 9.98. The van der Waals surface area contributed by atoms with Crippen molar-refractivity contribution in [2.24, 2.45) is 0 Å². The molecule has 0 fully saturated rings. The van der Waals surface area contributed by atoms with Crippen molar-refractivity contribution < 1.29 is 22.7 Å². The van der Waals surface area contributed by atoms with Crippen LogP contribution in [0.5, 0.6) is 11.5 Å². The minimum atomic E-state index is -3.49. The van der Waals surface area contributed by atoms with Crippen LogP contribution in [0.2, 0.25) is 0 Å². The van der Waals surface area contributed by atoms with Gasteiger partial charge in [0.1, 0.15) is 0 Å². The predicted octanol–water partition coefficient (Wildman–Crippen LogP) is 3.33. The van der Waals surface area contributed by atoms with Gasteiger partial charge in [-0.25, -0.2) is 8.42 Å². The highest BCUT2D eigenvalue weighted by Gasteiger charge is 2.22. The van der Waals surface area contributed by atoms with Crippen LogP contribution in [0.15, 0.2) is 47.4 Å². The van der Waals surface area contributed by atoms with E-state index in [2.05, 4.69) is 0 Å². The minimum absolute atomic E-state index is 0.0923. The maximum absolute atomic E-state index is 12.7. The smallest absolute Gasteiger partial charge is 0.246 e. The highest BCUT2D eigenvalue weighted by molar-refractivity contribution is 7.89. The molecule has 0 unspecified atom stereocenters. The summed E-state index contributed by atoms with van der Waals surface area (Å²) in [4.78, 5) is 14.8. The standard InChI is InChI=1S/C24H30N2O5S/c1-5-26(6-2)32(28,29)21-10-7-18(8-11-21)9-12-24(27)25-14-13-19-15-22(30-3)23(31-4)16-20(19)17-25/h7-12,15-16H,5-6,13-14,17H2,1-4H3/b12-9+. The number of rotatable bonds is 8. The number of ether oxygens (including phenoxy) is 2. The number of methoxy groups -OCH3 is 2. The van der Waals surface area contributed by atoms with E-state index in [1.54, 1.807) is 49.5 Å². The van der Waals surface area contributed by atoms with Crippen LogP contribution < -0.4 is 9.47 Å². The van der Waals surface area contributed by atoms with Crippen LogP contribution in [0, 0.1) is 0 Å². The van der Waals surface area contributed by atoms with E-state index in [-0.39, 0.29) is 10.8 Å². The van der Waals surface area contributed by atoms with E-state index in [4.69, 9.17) is 9.47 Å². The number of hydrogen-bond donors (Lipinski definition) is 0. The Bertz CT molecular complexity index is 1090. The van der Waals surface area contributed by atoms with Gasteiger partial charge in [0.2, 0.25) is 15.9 Å². The Balaban J connectivity index is 1.70. The molecule has 0 saturated carbocycles. The molecule has 1 aliphatic rings. The summed E-state index contributed by atoms with van der Waals surface area (Å²) in [5.41, 5.74) is 2.96. The molecule has 0 aliphatic carbocycles. The molecule has 0 N–H and O–H groups in total. The van der Waals surface area contributed by atoms with E-state index in [0.29, 0.717) is 37.7 Å². The lowest BCUT2D eigenvalue weighted by Gasteiger charge is -2.28. The number of hydrogen-bond acceptors (Lipinski definition) is 5. The zero-order chi connectivity index (χ0) is 23.3. The summed E-state index contributed by atoms with van der Waals surface area (Å²) in [7, 11) is -0.286. The third kappa shape index (κ3) is 4.97. The average molecular weight is 459 g/mol. The molecular formula is C24H30N2O5S. The summed E-state index contributed by atoms with van der Waals surface area (Å²) in [5.74, 6) is 1.25. The number of nitrogens with zero attached hydrogens (tertiary/aromatic N) is 2. The van der Waals surface area contributed by atoms with E-state index in [1.807, 2.05) is 26.0 Å². The first-order valence-corrected chi connectivity index (χ1v) is 12.1. The highest BCUT2D eigenvalue weighted by atomic mass is 32.2. The van der Waals surface area contributed by atoms with Crippen LogP contribution in [-0.2, 0) is 27.8 Å². The average Bonchev–Trinajstić information content (AvgIpc) is 2.82. The highest BCUT2D eigenvalue weighted by Crippen LogP contribution is 2.33. The lowest BCUT2D eigenvalue weighted by molar-refractivity contribution is -0.126. The maximum atomic E-state index is 12.7. The van der Waals surface area contributed by atoms with Gasteiger partial charge in [-0.3, -0.25) is 4.79 Å². The van der Waals surface area contributed by atoms with Crippen molar-refractivity contribution in [3.05, 3.63) is 59.2 Å². The van der Waals surface area contributed by atoms with Gasteiger partial charge in [-0.1, -0.05) is 26.0 Å². The van der Waals surface area contributed by atoms with Crippen LogP contribution in [0.25, 0.3) is 6.08 Å². The first-order chi connectivity index (χ1) is 15.3. The minimum Gasteiger partial charge on any atom is -0.493 e. The van der Waals surface area contributed by atoms with Gasteiger partial charge < -0.3 is 14.4 Å². The molecule has 1 aliphatic heterocycles. The largest absolute Gasteiger partial charge is 0.493 e. The zero-order valence-electron chi connectivity index (χ0n) is 19.0. The number of carbonyl (C=O) groups is 1. The van der Waals surface area contributed by atoms with Crippen LogP contribution in [0.3, 0.4) is 0 Å². The SMILES string of the molecule is CCN(CC)S(=O)(=O)c1ccc(/C=C/C(=O)N2CCc3cc(OC)c(OC)cc3C2)cc1. The predicted molar refractivity (Wildman–Crippen MR) is 124 cm³/mol. The topological polar surface area (TPSA) is 76.2 Å². The molecule has 0 radical (unpaired) electrons. The molecule has 2 aromatic carbocycles. The molecular weight excluding hydrogens is 428 g/mol. The molecule has 3 rings (SSSR count). The van der Waals surface area contributed by atoms with Gasteiger partial charge in [-0.05, 0) is 53.5 Å². The Kier molecular flexibility index (Phi) is 7.58. The van der Waals surface area contributed by atoms with Crippen LogP contribution >= 0.6 is 0 Å². The van der Waals surface area contributed by atoms with Crippen LogP contribution in [0.4, 0.5) is 0 Å². The molecule has 0 bridgehead atoms. The first kappa shape index (κ1) is 23.8. The molecule has 0 aromatic heterocycles. The molecule has 32 heavy (non-hydrogen) atoms. The third-order valence-electron chi connectivity index (χ3n) is 5.67. The van der Waals surface area contributed by atoms with Crippen molar-refractivity contribution in [2.45, 2.75) is 31.7 Å². The normalized spacial score (nSPS) is 14.0. The maximum Gasteiger partial charge on any atom is 0.246 e. The Morgan fingerprint density at radius 2 is 1.62 bits per heavy atom. The summed E-state index contributed by atoms with van der Waals surface area (Å²) in [5, 5.41) is 0. The number of benzene rings is 2. The second kappa shape index (κ2) is 10.2. The van der Waals surface area contributed by atoms with E-state index in [9.17, 15) is 13.2 Å². The fourth-order valence-electron chi connectivity index (χ4n) is 3.81. The Morgan fingerprint density at radius 1 is 1.03 bits per heavy atom. The number of amides is 1. The molecule has 7 nitrogen and oxygen atoms in total. The van der Waals surface area contributed by atoms with Crippen molar-refractivity contribution in [3.63, 3.8) is 0 Å². The van der Waals surface area contributed by atoms with Gasteiger partial charge >= 0.3 is 0 Å². The van der Waals surface area contributed by atoms with Crippen LogP contribution in [0.1, 0.15) is 30.5 Å². The van der Waals surface area contributed by atoms with E-state index < -0.39 is 10.0 Å². The third-order valence-corrected chi connectivity index (χ3v) is 7.74. The molecule has 0 saturated heterocycles. The number of carbonyl (C=O) groups excluding carboxylic acids is 1. The summed E-state index contributed by atoms with van der Waals surface area (Å²) in [6.07, 6.45) is 3.98. The van der Waals surface area contributed by atoms with Gasteiger partial charge in [0.15, 0.2) is 11.5 Å². The zero-order valence-corrected chi connectivity index (χ0v) is 19.8. The van der Waals surface area contributed by atoms with Gasteiger partial charge in [0, 0.05) is 32.3 Å². The molecule has 172 valence electrons. The lowest BCUT2D eigenvalue weighted by Crippen LogP contribution is -2.34. The van der Waals surface area contributed by atoms with Crippen molar-refractivity contribution >= 4 is 22.0 Å². The molecule has 1 heterocycles. The van der Waals surface area contributed by atoms with Gasteiger partial charge in [-0.15, -0.1) is 0 Å². The molecule has 1 amide bonds.